The quantitative estimate of drug-likeness (QED) is 0.598. The second-order valence-electron chi connectivity index (χ2n) is 5.88. The minimum atomic E-state index is 0.182. The van der Waals surface area contributed by atoms with Gasteiger partial charge in [0.05, 0.1) is 12.7 Å². The first-order valence-corrected chi connectivity index (χ1v) is 8.37. The summed E-state index contributed by atoms with van der Waals surface area (Å²) in [4.78, 5) is 6.89. The molecule has 1 aliphatic rings. The Labute approximate surface area is 141 Å². The third-order valence-corrected chi connectivity index (χ3v) is 3.95. The van der Waals surface area contributed by atoms with Crippen LogP contribution in [-0.2, 0) is 11.3 Å². The number of nitrogens with zero attached hydrogens (tertiary/aromatic N) is 5. The monoisotopic (exact) mass is 331 g/mol. The zero-order chi connectivity index (χ0) is 16.8. The van der Waals surface area contributed by atoms with Gasteiger partial charge in [-0.25, -0.2) is 4.99 Å². The van der Waals surface area contributed by atoms with E-state index in [2.05, 4.69) is 44.7 Å². The maximum absolute atomic E-state index is 5.77. The number of ether oxygens (including phenoxy) is 1. The molecular weight excluding hydrogens is 306 g/mol. The fraction of sp³-hybridized carbons (Fsp3) is 0.562. The Balaban J connectivity index is 1.60. The van der Waals surface area contributed by atoms with E-state index in [4.69, 9.17) is 4.74 Å². The molecule has 0 saturated carbocycles. The van der Waals surface area contributed by atoms with Gasteiger partial charge in [0.1, 0.15) is 6.54 Å². The Bertz CT molecular complexity index is 684. The van der Waals surface area contributed by atoms with Crippen LogP contribution in [0.3, 0.4) is 0 Å². The average molecular weight is 331 g/mol. The molecule has 1 aliphatic heterocycles. The summed E-state index contributed by atoms with van der Waals surface area (Å²) in [6, 6.07) is 5.84. The van der Waals surface area contributed by atoms with Crippen LogP contribution in [0.2, 0.25) is 0 Å². The third kappa shape index (κ3) is 4.21. The molecule has 1 unspecified atom stereocenters. The summed E-state index contributed by atoms with van der Waals surface area (Å²) in [5.74, 6) is 1.58. The highest BCUT2D eigenvalue weighted by Gasteiger charge is 2.17. The summed E-state index contributed by atoms with van der Waals surface area (Å²) < 4.78 is 7.72. The molecule has 1 atom stereocenters. The predicted molar refractivity (Wildman–Crippen MR) is 93.0 cm³/mol. The number of likely N-dealkylation sites (N-methyl/N-ethyl adjacent to an activating group) is 1. The largest absolute Gasteiger partial charge is 0.374 e. The number of aliphatic imine (C=N–C) groups is 1. The maximum Gasteiger partial charge on any atom is 0.191 e. The van der Waals surface area contributed by atoms with Crippen molar-refractivity contribution in [1.29, 1.82) is 0 Å². The highest BCUT2D eigenvalue weighted by Crippen LogP contribution is 2.04. The van der Waals surface area contributed by atoms with Crippen LogP contribution in [0, 0.1) is 0 Å². The van der Waals surface area contributed by atoms with Gasteiger partial charge < -0.3 is 20.3 Å². The van der Waals surface area contributed by atoms with Crippen LogP contribution in [0.25, 0.3) is 5.65 Å². The number of fused-ring (bicyclic) bond motifs is 1. The second kappa shape index (κ2) is 8.07. The van der Waals surface area contributed by atoms with Crippen molar-refractivity contribution in [3.8, 4) is 0 Å². The van der Waals surface area contributed by atoms with E-state index in [1.54, 1.807) is 0 Å². The molecule has 2 aromatic heterocycles. The van der Waals surface area contributed by atoms with Crippen molar-refractivity contribution in [2.24, 2.45) is 4.99 Å². The summed E-state index contributed by atoms with van der Waals surface area (Å²) >= 11 is 0. The van der Waals surface area contributed by atoms with E-state index in [-0.39, 0.29) is 6.10 Å². The first-order chi connectivity index (χ1) is 11.8. The number of guanidine groups is 1. The van der Waals surface area contributed by atoms with Gasteiger partial charge in [0.15, 0.2) is 17.4 Å². The lowest BCUT2D eigenvalue weighted by Crippen LogP contribution is -2.48. The van der Waals surface area contributed by atoms with E-state index in [0.29, 0.717) is 6.54 Å². The van der Waals surface area contributed by atoms with E-state index < -0.39 is 0 Å². The van der Waals surface area contributed by atoms with Crippen LogP contribution in [0.1, 0.15) is 12.7 Å². The Morgan fingerprint density at radius 3 is 3.12 bits per heavy atom. The first-order valence-electron chi connectivity index (χ1n) is 8.37. The summed E-state index contributed by atoms with van der Waals surface area (Å²) in [6.07, 6.45) is 2.13. The SMILES string of the molecule is CCNC(=NCc1nnc2ccccn12)NCC1CN(C)CCO1. The van der Waals surface area contributed by atoms with E-state index in [1.165, 1.54) is 0 Å². The minimum absolute atomic E-state index is 0.182. The third-order valence-electron chi connectivity index (χ3n) is 3.95. The van der Waals surface area contributed by atoms with Gasteiger partial charge in [0, 0.05) is 32.4 Å². The molecule has 1 fully saturated rings. The van der Waals surface area contributed by atoms with Crippen molar-refractivity contribution in [3.05, 3.63) is 30.2 Å². The summed E-state index contributed by atoms with van der Waals surface area (Å²) in [5.41, 5.74) is 0.833. The van der Waals surface area contributed by atoms with Gasteiger partial charge >= 0.3 is 0 Å². The van der Waals surface area contributed by atoms with E-state index in [9.17, 15) is 0 Å². The molecule has 8 nitrogen and oxygen atoms in total. The van der Waals surface area contributed by atoms with Crippen molar-refractivity contribution in [1.82, 2.24) is 30.1 Å². The Morgan fingerprint density at radius 2 is 2.29 bits per heavy atom. The zero-order valence-corrected chi connectivity index (χ0v) is 14.3. The molecule has 0 amide bonds. The van der Waals surface area contributed by atoms with Crippen LogP contribution >= 0.6 is 0 Å². The zero-order valence-electron chi connectivity index (χ0n) is 14.3. The summed E-state index contributed by atoms with van der Waals surface area (Å²) in [6.45, 7) is 6.75. The van der Waals surface area contributed by atoms with Crippen LogP contribution in [-0.4, -0.2) is 71.4 Å². The van der Waals surface area contributed by atoms with E-state index in [0.717, 1.165) is 50.2 Å². The molecule has 0 aromatic carbocycles. The lowest BCUT2D eigenvalue weighted by atomic mass is 10.3. The number of morpholine rings is 1. The molecular formula is C16H25N7O. The van der Waals surface area contributed by atoms with Crippen molar-refractivity contribution in [2.75, 3.05) is 39.8 Å². The molecule has 24 heavy (non-hydrogen) atoms. The molecule has 3 heterocycles. The van der Waals surface area contributed by atoms with Gasteiger partial charge in [-0.15, -0.1) is 10.2 Å². The number of nitrogens with one attached hydrogen (secondary N) is 2. The molecule has 3 rings (SSSR count). The highest BCUT2D eigenvalue weighted by atomic mass is 16.5. The maximum atomic E-state index is 5.77. The lowest BCUT2D eigenvalue weighted by Gasteiger charge is -2.30. The van der Waals surface area contributed by atoms with Crippen molar-refractivity contribution < 1.29 is 4.74 Å². The van der Waals surface area contributed by atoms with Gasteiger partial charge in [-0.3, -0.25) is 4.40 Å². The van der Waals surface area contributed by atoms with E-state index >= 15 is 0 Å². The molecule has 2 aromatic rings. The van der Waals surface area contributed by atoms with Crippen LogP contribution in [0.4, 0.5) is 0 Å². The standard InChI is InChI=1S/C16H25N7O/c1-3-17-16(18-10-13-12-22(2)8-9-24-13)19-11-15-21-20-14-6-4-5-7-23(14)15/h4-7,13H,3,8-12H2,1-2H3,(H2,17,18,19). The summed E-state index contributed by atoms with van der Waals surface area (Å²) in [7, 11) is 2.12. The molecule has 2 N–H and O–H groups in total. The summed E-state index contributed by atoms with van der Waals surface area (Å²) in [5, 5.41) is 15.0. The topological polar surface area (TPSA) is 79.1 Å². The molecule has 8 heteroatoms. The normalized spacial score (nSPS) is 19.6. The van der Waals surface area contributed by atoms with Crippen molar-refractivity contribution >= 4 is 11.6 Å². The number of hydrogen-bond donors (Lipinski definition) is 2. The van der Waals surface area contributed by atoms with Gasteiger partial charge in [-0.1, -0.05) is 6.07 Å². The van der Waals surface area contributed by atoms with Gasteiger partial charge in [0.2, 0.25) is 0 Å². The van der Waals surface area contributed by atoms with Gasteiger partial charge in [0.25, 0.3) is 0 Å². The highest BCUT2D eigenvalue weighted by molar-refractivity contribution is 5.79. The van der Waals surface area contributed by atoms with E-state index in [1.807, 2.05) is 28.8 Å². The van der Waals surface area contributed by atoms with Gasteiger partial charge in [-0.2, -0.15) is 0 Å². The van der Waals surface area contributed by atoms with Crippen molar-refractivity contribution in [2.45, 2.75) is 19.6 Å². The molecule has 1 saturated heterocycles. The number of aromatic nitrogens is 3. The van der Waals surface area contributed by atoms with Crippen LogP contribution in [0.15, 0.2) is 29.4 Å². The molecule has 130 valence electrons. The number of rotatable bonds is 5. The minimum Gasteiger partial charge on any atom is -0.374 e. The predicted octanol–water partition coefficient (Wildman–Crippen LogP) is 0.115. The fourth-order valence-electron chi connectivity index (χ4n) is 2.69. The van der Waals surface area contributed by atoms with Crippen LogP contribution in [0.5, 0.6) is 0 Å². The Hall–Kier alpha value is -2.19. The lowest BCUT2D eigenvalue weighted by molar-refractivity contribution is -0.0161. The average Bonchev–Trinajstić information content (AvgIpc) is 3.01. The fourth-order valence-corrected chi connectivity index (χ4v) is 2.69. The molecule has 0 aliphatic carbocycles. The molecule has 0 bridgehead atoms. The van der Waals surface area contributed by atoms with Gasteiger partial charge in [-0.05, 0) is 26.1 Å². The Kier molecular flexibility index (Phi) is 5.60. The number of hydrogen-bond acceptors (Lipinski definition) is 5. The van der Waals surface area contributed by atoms with Crippen molar-refractivity contribution in [3.63, 3.8) is 0 Å². The molecule has 0 spiro atoms. The number of pyridine rings is 1. The van der Waals surface area contributed by atoms with Crippen LogP contribution < -0.4 is 10.6 Å². The second-order valence-corrected chi connectivity index (χ2v) is 5.88. The Morgan fingerprint density at radius 1 is 1.38 bits per heavy atom. The molecule has 0 radical (unpaired) electrons. The first kappa shape index (κ1) is 16.7. The smallest absolute Gasteiger partial charge is 0.191 e.